The van der Waals surface area contributed by atoms with E-state index in [2.05, 4.69) is 5.32 Å². The van der Waals surface area contributed by atoms with Crippen molar-refractivity contribution in [3.63, 3.8) is 0 Å². The summed E-state index contributed by atoms with van der Waals surface area (Å²) in [6, 6.07) is 4.58. The predicted octanol–water partition coefficient (Wildman–Crippen LogP) is 1.60. The Morgan fingerprint density at radius 3 is 2.95 bits per heavy atom. The van der Waals surface area contributed by atoms with Crippen LogP contribution in [0, 0.1) is 12.7 Å². The molecular weight excluding hydrogens is 251 g/mol. The molecule has 0 bridgehead atoms. The maximum absolute atomic E-state index is 13.5. The number of rotatable bonds is 3. The maximum atomic E-state index is 13.5. The Labute approximate surface area is 110 Å². The molecule has 1 aliphatic rings. The molecule has 1 aliphatic heterocycles. The molecule has 19 heavy (non-hydrogen) atoms. The van der Waals surface area contributed by atoms with Crippen LogP contribution in [0.25, 0.3) is 0 Å². The van der Waals surface area contributed by atoms with Gasteiger partial charge in [0.1, 0.15) is 11.9 Å². The second kappa shape index (κ2) is 5.26. The Bertz CT molecular complexity index is 519. The van der Waals surface area contributed by atoms with Crippen molar-refractivity contribution in [1.29, 1.82) is 0 Å². The van der Waals surface area contributed by atoms with Gasteiger partial charge in [0.2, 0.25) is 5.91 Å². The molecule has 2 rings (SSSR count). The lowest BCUT2D eigenvalue weighted by molar-refractivity contribution is -0.119. The van der Waals surface area contributed by atoms with Crippen LogP contribution in [0.15, 0.2) is 18.2 Å². The van der Waals surface area contributed by atoms with Crippen molar-refractivity contribution in [2.45, 2.75) is 20.0 Å². The molecule has 1 aromatic carbocycles. The van der Waals surface area contributed by atoms with Crippen LogP contribution in [0.3, 0.4) is 0 Å². The average Bonchev–Trinajstić information content (AvgIpc) is 2.72. The molecule has 0 spiro atoms. The highest BCUT2D eigenvalue weighted by atomic mass is 19.1. The first kappa shape index (κ1) is 13.3. The lowest BCUT2D eigenvalue weighted by Crippen LogP contribution is -2.33. The van der Waals surface area contributed by atoms with Gasteiger partial charge in [0.05, 0.1) is 18.8 Å². The Balaban J connectivity index is 2.07. The van der Waals surface area contributed by atoms with Gasteiger partial charge >= 0.3 is 6.09 Å². The van der Waals surface area contributed by atoms with Crippen molar-refractivity contribution < 1.29 is 18.7 Å². The standard InChI is InChI=1S/C13H15FN2O3/c1-8-3-4-10(5-12(8)14)16-7-11(19-13(16)18)6-15-9(2)17/h3-5,11H,6-7H2,1-2H3,(H,15,17). The summed E-state index contributed by atoms with van der Waals surface area (Å²) in [5, 5.41) is 2.58. The number of anilines is 1. The Hall–Kier alpha value is -2.11. The van der Waals surface area contributed by atoms with Crippen LogP contribution in [0.2, 0.25) is 0 Å². The van der Waals surface area contributed by atoms with E-state index < -0.39 is 12.2 Å². The van der Waals surface area contributed by atoms with E-state index in [-0.39, 0.29) is 18.3 Å². The highest BCUT2D eigenvalue weighted by Gasteiger charge is 2.32. The summed E-state index contributed by atoms with van der Waals surface area (Å²) in [6.07, 6.45) is -0.945. The minimum atomic E-state index is -0.529. The molecule has 0 aromatic heterocycles. The van der Waals surface area contributed by atoms with Crippen molar-refractivity contribution in [3.8, 4) is 0 Å². The number of carbonyl (C=O) groups is 2. The summed E-state index contributed by atoms with van der Waals surface area (Å²) in [4.78, 5) is 23.9. The highest BCUT2D eigenvalue weighted by Crippen LogP contribution is 2.23. The van der Waals surface area contributed by atoms with Gasteiger partial charge in [0, 0.05) is 6.92 Å². The molecule has 1 aromatic rings. The molecular formula is C13H15FN2O3. The number of benzene rings is 1. The molecule has 1 atom stereocenters. The van der Waals surface area contributed by atoms with Gasteiger partial charge in [-0.15, -0.1) is 0 Å². The number of ether oxygens (including phenoxy) is 1. The number of hydrogen-bond donors (Lipinski definition) is 1. The van der Waals surface area contributed by atoms with Gasteiger partial charge in [-0.05, 0) is 24.6 Å². The van der Waals surface area contributed by atoms with Crippen molar-refractivity contribution in [2.75, 3.05) is 18.0 Å². The summed E-state index contributed by atoms with van der Waals surface area (Å²) >= 11 is 0. The topological polar surface area (TPSA) is 58.6 Å². The smallest absolute Gasteiger partial charge is 0.414 e. The van der Waals surface area contributed by atoms with Crippen LogP contribution in [0.4, 0.5) is 14.9 Å². The summed E-state index contributed by atoms with van der Waals surface area (Å²) < 4.78 is 18.6. The van der Waals surface area contributed by atoms with Crippen LogP contribution in [0.5, 0.6) is 0 Å². The Morgan fingerprint density at radius 2 is 2.32 bits per heavy atom. The van der Waals surface area contributed by atoms with Gasteiger partial charge in [-0.3, -0.25) is 9.69 Å². The lowest BCUT2D eigenvalue weighted by Gasteiger charge is -2.13. The normalized spacial score (nSPS) is 18.4. The number of aryl methyl sites for hydroxylation is 1. The SMILES string of the molecule is CC(=O)NCC1CN(c2ccc(C)c(F)c2)C(=O)O1. The van der Waals surface area contributed by atoms with E-state index in [4.69, 9.17) is 4.74 Å². The van der Waals surface area contributed by atoms with Crippen molar-refractivity contribution >= 4 is 17.7 Å². The van der Waals surface area contributed by atoms with Crippen molar-refractivity contribution in [2.24, 2.45) is 0 Å². The molecule has 2 amide bonds. The van der Waals surface area contributed by atoms with E-state index >= 15 is 0 Å². The van der Waals surface area contributed by atoms with Crippen LogP contribution in [-0.4, -0.2) is 31.2 Å². The lowest BCUT2D eigenvalue weighted by atomic mass is 10.2. The summed E-state index contributed by atoms with van der Waals surface area (Å²) in [5.74, 6) is -0.550. The third-order valence-electron chi connectivity index (χ3n) is 2.92. The van der Waals surface area contributed by atoms with Crippen LogP contribution in [0.1, 0.15) is 12.5 Å². The number of halogens is 1. The van der Waals surface area contributed by atoms with E-state index in [0.717, 1.165) is 0 Å². The Morgan fingerprint density at radius 1 is 1.58 bits per heavy atom. The number of cyclic esters (lactones) is 1. The predicted molar refractivity (Wildman–Crippen MR) is 67.4 cm³/mol. The number of hydrogen-bond acceptors (Lipinski definition) is 3. The minimum Gasteiger partial charge on any atom is -0.442 e. The van der Waals surface area contributed by atoms with E-state index in [1.807, 2.05) is 0 Å². The van der Waals surface area contributed by atoms with E-state index in [1.54, 1.807) is 19.1 Å². The molecule has 1 saturated heterocycles. The molecule has 102 valence electrons. The summed E-state index contributed by atoms with van der Waals surface area (Å²) in [6.45, 7) is 3.60. The largest absolute Gasteiger partial charge is 0.442 e. The summed E-state index contributed by atoms with van der Waals surface area (Å²) in [5.41, 5.74) is 0.976. The van der Waals surface area contributed by atoms with E-state index in [1.165, 1.54) is 17.9 Å². The van der Waals surface area contributed by atoms with Gasteiger partial charge in [0.15, 0.2) is 0 Å². The third-order valence-corrected chi connectivity index (χ3v) is 2.92. The molecule has 1 N–H and O–H groups in total. The molecule has 0 radical (unpaired) electrons. The fourth-order valence-corrected chi connectivity index (χ4v) is 1.85. The van der Waals surface area contributed by atoms with Gasteiger partial charge < -0.3 is 10.1 Å². The molecule has 6 heteroatoms. The second-order valence-corrected chi connectivity index (χ2v) is 4.49. The molecule has 0 saturated carbocycles. The first-order valence-electron chi connectivity index (χ1n) is 5.96. The number of nitrogens with one attached hydrogen (secondary N) is 1. The first-order valence-corrected chi connectivity index (χ1v) is 5.96. The number of carbonyl (C=O) groups excluding carboxylic acids is 2. The number of nitrogens with zero attached hydrogens (tertiary/aromatic N) is 1. The fraction of sp³-hybridized carbons (Fsp3) is 0.385. The van der Waals surface area contributed by atoms with Crippen molar-refractivity contribution in [1.82, 2.24) is 5.32 Å². The zero-order valence-electron chi connectivity index (χ0n) is 10.8. The van der Waals surface area contributed by atoms with Gasteiger partial charge in [0.25, 0.3) is 0 Å². The van der Waals surface area contributed by atoms with Gasteiger partial charge in [-0.1, -0.05) is 6.07 Å². The fourth-order valence-electron chi connectivity index (χ4n) is 1.85. The van der Waals surface area contributed by atoms with Crippen LogP contribution in [-0.2, 0) is 9.53 Å². The number of amides is 2. The first-order chi connectivity index (χ1) is 8.97. The third kappa shape index (κ3) is 3.01. The van der Waals surface area contributed by atoms with E-state index in [9.17, 15) is 14.0 Å². The zero-order valence-corrected chi connectivity index (χ0v) is 10.8. The monoisotopic (exact) mass is 266 g/mol. The molecule has 1 heterocycles. The van der Waals surface area contributed by atoms with Gasteiger partial charge in [-0.2, -0.15) is 0 Å². The van der Waals surface area contributed by atoms with Crippen molar-refractivity contribution in [3.05, 3.63) is 29.6 Å². The highest BCUT2D eigenvalue weighted by molar-refractivity contribution is 5.89. The minimum absolute atomic E-state index is 0.184. The molecule has 5 nitrogen and oxygen atoms in total. The quantitative estimate of drug-likeness (QED) is 0.904. The van der Waals surface area contributed by atoms with E-state index in [0.29, 0.717) is 17.8 Å². The maximum Gasteiger partial charge on any atom is 0.414 e. The molecule has 1 fully saturated rings. The van der Waals surface area contributed by atoms with Crippen LogP contribution < -0.4 is 10.2 Å². The molecule has 0 aliphatic carbocycles. The van der Waals surface area contributed by atoms with Crippen LogP contribution >= 0.6 is 0 Å². The Kier molecular flexibility index (Phi) is 3.69. The zero-order chi connectivity index (χ0) is 14.0. The second-order valence-electron chi connectivity index (χ2n) is 4.49. The van der Waals surface area contributed by atoms with Gasteiger partial charge in [-0.25, -0.2) is 9.18 Å². The summed E-state index contributed by atoms with van der Waals surface area (Å²) in [7, 11) is 0. The average molecular weight is 266 g/mol. The molecule has 1 unspecified atom stereocenters.